The van der Waals surface area contributed by atoms with Gasteiger partial charge in [0, 0.05) is 17.1 Å². The molecular weight excluding hydrogens is 409 g/mol. The molecule has 0 fully saturated rings. The Bertz CT molecular complexity index is 1100. The van der Waals surface area contributed by atoms with Gasteiger partial charge in [0.15, 0.2) is 0 Å². The number of aliphatic hydroxyl groups is 1. The molecule has 9 heteroatoms. The molecule has 0 spiro atoms. The highest BCUT2D eigenvalue weighted by molar-refractivity contribution is 5.98. The van der Waals surface area contributed by atoms with Crippen molar-refractivity contribution in [3.8, 4) is 0 Å². The van der Waals surface area contributed by atoms with Crippen LogP contribution in [-0.2, 0) is 12.7 Å². The average Bonchev–Trinajstić information content (AvgIpc) is 2.71. The zero-order valence-electron chi connectivity index (χ0n) is 17.3. The Labute approximate surface area is 177 Å². The lowest BCUT2D eigenvalue weighted by molar-refractivity contribution is -0.137. The predicted molar refractivity (Wildman–Crippen MR) is 111 cm³/mol. The minimum atomic E-state index is -4.49. The first-order valence-electron chi connectivity index (χ1n) is 9.65. The standard InChI is InChI=1S/C22H23F3N4O2/c1-12-8-16-9-15(4-7-19(16)28-20(12)26)21(31)29(13(2)14(3)30)11-18-6-5-17(10-27-18)22(23,24)25/h4-10,13-14,30H,11H2,1-3H3,(H2,26,28)/t13-,14+/m0/s1. The third-order valence-corrected chi connectivity index (χ3v) is 5.23. The van der Waals surface area contributed by atoms with Crippen molar-refractivity contribution in [3.05, 3.63) is 65.0 Å². The SMILES string of the molecule is Cc1cc2cc(C(=O)N(Cc3ccc(C(F)(F)F)cn3)[C@@H](C)[C@@H](C)O)ccc2nc1N. The second kappa shape index (κ2) is 8.50. The Kier molecular flexibility index (Phi) is 6.17. The van der Waals surface area contributed by atoms with Crippen molar-refractivity contribution < 1.29 is 23.1 Å². The predicted octanol–water partition coefficient (Wildman–Crippen LogP) is 3.95. The second-order valence-corrected chi connectivity index (χ2v) is 7.55. The first-order valence-corrected chi connectivity index (χ1v) is 9.65. The third-order valence-electron chi connectivity index (χ3n) is 5.23. The first-order chi connectivity index (χ1) is 14.5. The van der Waals surface area contributed by atoms with Crippen LogP contribution in [0, 0.1) is 6.92 Å². The van der Waals surface area contributed by atoms with Gasteiger partial charge in [-0.3, -0.25) is 9.78 Å². The van der Waals surface area contributed by atoms with E-state index in [4.69, 9.17) is 5.73 Å². The van der Waals surface area contributed by atoms with Crippen molar-refractivity contribution in [2.24, 2.45) is 0 Å². The van der Waals surface area contributed by atoms with Crippen LogP contribution < -0.4 is 5.73 Å². The number of amides is 1. The van der Waals surface area contributed by atoms with E-state index in [0.717, 1.165) is 23.2 Å². The van der Waals surface area contributed by atoms with Gasteiger partial charge in [0.2, 0.25) is 0 Å². The van der Waals surface area contributed by atoms with Crippen molar-refractivity contribution >= 4 is 22.6 Å². The number of nitrogen functional groups attached to an aromatic ring is 1. The molecule has 0 saturated heterocycles. The first kappa shape index (κ1) is 22.5. The van der Waals surface area contributed by atoms with Gasteiger partial charge in [-0.15, -0.1) is 0 Å². The van der Waals surface area contributed by atoms with Crippen molar-refractivity contribution in [1.29, 1.82) is 0 Å². The minimum absolute atomic E-state index is 0.0555. The summed E-state index contributed by atoms with van der Waals surface area (Å²) in [5, 5.41) is 10.8. The lowest BCUT2D eigenvalue weighted by atomic mass is 10.1. The fraction of sp³-hybridized carbons (Fsp3) is 0.318. The highest BCUT2D eigenvalue weighted by atomic mass is 19.4. The Hall–Kier alpha value is -3.20. The quantitative estimate of drug-likeness (QED) is 0.637. The van der Waals surface area contributed by atoms with Crippen LogP contribution >= 0.6 is 0 Å². The Morgan fingerprint density at radius 2 is 1.90 bits per heavy atom. The molecule has 1 amide bonds. The number of carbonyl (C=O) groups excluding carboxylic acids is 1. The van der Waals surface area contributed by atoms with E-state index >= 15 is 0 Å². The van der Waals surface area contributed by atoms with E-state index in [9.17, 15) is 23.1 Å². The second-order valence-electron chi connectivity index (χ2n) is 7.55. The zero-order chi connectivity index (χ0) is 22.9. The van der Waals surface area contributed by atoms with Crippen LogP contribution in [0.25, 0.3) is 10.9 Å². The molecule has 0 saturated carbocycles. The molecule has 6 nitrogen and oxygen atoms in total. The number of benzene rings is 1. The molecule has 31 heavy (non-hydrogen) atoms. The van der Waals surface area contributed by atoms with Crippen LogP contribution in [-0.4, -0.2) is 38.0 Å². The van der Waals surface area contributed by atoms with Gasteiger partial charge in [-0.25, -0.2) is 4.98 Å². The summed E-state index contributed by atoms with van der Waals surface area (Å²) in [6, 6.07) is 8.35. The van der Waals surface area contributed by atoms with Gasteiger partial charge in [0.1, 0.15) is 5.82 Å². The molecule has 1 aromatic carbocycles. The van der Waals surface area contributed by atoms with E-state index in [1.54, 1.807) is 32.0 Å². The molecule has 2 heterocycles. The molecule has 3 N–H and O–H groups in total. The molecule has 2 aromatic heterocycles. The molecule has 0 aliphatic rings. The summed E-state index contributed by atoms with van der Waals surface area (Å²) in [7, 11) is 0. The van der Waals surface area contributed by atoms with Gasteiger partial charge < -0.3 is 15.7 Å². The number of halogens is 3. The number of hydrogen-bond donors (Lipinski definition) is 2. The maximum atomic E-state index is 13.3. The van der Waals surface area contributed by atoms with Crippen LogP contribution in [0.4, 0.5) is 19.0 Å². The Balaban J connectivity index is 1.94. The van der Waals surface area contributed by atoms with Gasteiger partial charge in [0.05, 0.1) is 35.5 Å². The summed E-state index contributed by atoms with van der Waals surface area (Å²) in [5.41, 5.74) is 7.02. The summed E-state index contributed by atoms with van der Waals surface area (Å²) in [4.78, 5) is 22.8. The van der Waals surface area contributed by atoms with E-state index in [2.05, 4.69) is 9.97 Å². The number of hydrogen-bond acceptors (Lipinski definition) is 5. The zero-order valence-corrected chi connectivity index (χ0v) is 17.3. The number of aromatic nitrogens is 2. The number of alkyl halides is 3. The molecule has 0 bridgehead atoms. The van der Waals surface area contributed by atoms with Crippen LogP contribution in [0.15, 0.2) is 42.6 Å². The van der Waals surface area contributed by atoms with Crippen molar-refractivity contribution in [2.45, 2.75) is 45.6 Å². The number of pyridine rings is 2. The van der Waals surface area contributed by atoms with Crippen LogP contribution in [0.2, 0.25) is 0 Å². The molecule has 0 aliphatic heterocycles. The number of nitrogens with zero attached hydrogens (tertiary/aromatic N) is 3. The molecule has 2 atom stereocenters. The molecule has 0 aliphatic carbocycles. The number of nitrogens with two attached hydrogens (primary N) is 1. The molecular formula is C22H23F3N4O2. The lowest BCUT2D eigenvalue weighted by Gasteiger charge is -2.31. The summed E-state index contributed by atoms with van der Waals surface area (Å²) in [6.07, 6.45) is -4.61. The molecule has 164 valence electrons. The van der Waals surface area contributed by atoms with E-state index in [1.165, 1.54) is 11.0 Å². The maximum absolute atomic E-state index is 13.3. The summed E-state index contributed by atoms with van der Waals surface area (Å²) in [5.74, 6) is 0.0239. The molecule has 3 aromatic rings. The van der Waals surface area contributed by atoms with Gasteiger partial charge in [-0.2, -0.15) is 13.2 Å². The van der Waals surface area contributed by atoms with E-state index in [-0.39, 0.29) is 18.1 Å². The van der Waals surface area contributed by atoms with Crippen molar-refractivity contribution in [3.63, 3.8) is 0 Å². The van der Waals surface area contributed by atoms with Crippen LogP contribution in [0.3, 0.4) is 0 Å². The summed E-state index contributed by atoms with van der Waals surface area (Å²) < 4.78 is 38.4. The highest BCUT2D eigenvalue weighted by Crippen LogP contribution is 2.29. The largest absolute Gasteiger partial charge is 0.417 e. The minimum Gasteiger partial charge on any atom is -0.391 e. The van der Waals surface area contributed by atoms with Gasteiger partial charge in [0.25, 0.3) is 5.91 Å². The Morgan fingerprint density at radius 1 is 1.19 bits per heavy atom. The monoisotopic (exact) mass is 432 g/mol. The lowest BCUT2D eigenvalue weighted by Crippen LogP contribution is -2.44. The summed E-state index contributed by atoms with van der Waals surface area (Å²) in [6.45, 7) is 4.97. The number of fused-ring (bicyclic) bond motifs is 1. The Morgan fingerprint density at radius 3 is 2.48 bits per heavy atom. The third kappa shape index (κ3) is 4.93. The van der Waals surface area contributed by atoms with Crippen LogP contribution in [0.1, 0.15) is 41.0 Å². The normalized spacial score (nSPS) is 13.8. The number of aliphatic hydroxyl groups excluding tert-OH is 1. The van der Waals surface area contributed by atoms with Gasteiger partial charge in [-0.1, -0.05) is 0 Å². The number of rotatable bonds is 5. The van der Waals surface area contributed by atoms with Gasteiger partial charge >= 0.3 is 6.18 Å². The van der Waals surface area contributed by atoms with E-state index in [0.29, 0.717) is 16.9 Å². The maximum Gasteiger partial charge on any atom is 0.417 e. The number of anilines is 1. The van der Waals surface area contributed by atoms with Crippen LogP contribution in [0.5, 0.6) is 0 Å². The summed E-state index contributed by atoms with van der Waals surface area (Å²) >= 11 is 0. The molecule has 0 unspecified atom stereocenters. The number of carbonyl (C=O) groups is 1. The topological polar surface area (TPSA) is 92.3 Å². The van der Waals surface area contributed by atoms with Gasteiger partial charge in [-0.05, 0) is 62.7 Å². The fourth-order valence-electron chi connectivity index (χ4n) is 3.12. The van der Waals surface area contributed by atoms with E-state index in [1.807, 2.05) is 13.0 Å². The average molecular weight is 432 g/mol. The molecule has 0 radical (unpaired) electrons. The van der Waals surface area contributed by atoms with E-state index < -0.39 is 23.9 Å². The van der Waals surface area contributed by atoms with Crippen molar-refractivity contribution in [2.75, 3.05) is 5.73 Å². The highest BCUT2D eigenvalue weighted by Gasteiger charge is 2.31. The van der Waals surface area contributed by atoms with Crippen molar-refractivity contribution in [1.82, 2.24) is 14.9 Å². The molecule has 3 rings (SSSR count). The smallest absolute Gasteiger partial charge is 0.391 e. The number of aryl methyl sites for hydroxylation is 1. The fourth-order valence-corrected chi connectivity index (χ4v) is 3.12.